The van der Waals surface area contributed by atoms with E-state index in [0.29, 0.717) is 23.9 Å². The van der Waals surface area contributed by atoms with Crippen molar-refractivity contribution >= 4 is 13.7 Å². The molecule has 1 amide bonds. The highest BCUT2D eigenvalue weighted by molar-refractivity contribution is 7.45. The maximum Gasteiger partial charge on any atom is 0.268 e. The molecule has 0 aromatic carbocycles. The molecule has 0 aliphatic carbocycles. The molecule has 2 N–H and O–H groups in total. The van der Waals surface area contributed by atoms with Crippen LogP contribution in [0.5, 0.6) is 0 Å². The molecule has 3 atom stereocenters. The van der Waals surface area contributed by atoms with Crippen LogP contribution in [0.2, 0.25) is 0 Å². The predicted molar refractivity (Wildman–Crippen MR) is 265 cm³/mol. The first-order chi connectivity index (χ1) is 30.0. The normalized spacial score (nSPS) is 15.0. The monoisotopic (exact) mass is 885 g/mol. The topological polar surface area (TPSA) is 108 Å². The van der Waals surface area contributed by atoms with Gasteiger partial charge in [0.2, 0.25) is 5.91 Å². The number of nitrogens with one attached hydrogen (secondary N) is 1. The van der Waals surface area contributed by atoms with Crippen LogP contribution in [-0.2, 0) is 18.4 Å². The Hall–Kier alpha value is -2.58. The minimum atomic E-state index is -4.61. The summed E-state index contributed by atoms with van der Waals surface area (Å²) in [6.07, 6.45) is 61.7. The highest BCUT2D eigenvalue weighted by Crippen LogP contribution is 2.38. The first kappa shape index (κ1) is 59.4. The number of aliphatic hydroxyl groups excluding tert-OH is 1. The zero-order chi connectivity index (χ0) is 45.7. The van der Waals surface area contributed by atoms with Crippen molar-refractivity contribution in [1.82, 2.24) is 5.32 Å². The lowest BCUT2D eigenvalue weighted by Crippen LogP contribution is -2.45. The number of nitrogens with zero attached hydrogens (tertiary/aromatic N) is 1. The highest BCUT2D eigenvalue weighted by atomic mass is 31.2. The summed E-state index contributed by atoms with van der Waals surface area (Å²) < 4.78 is 23.2. The molecule has 0 aromatic heterocycles. The Balaban J connectivity index is 4.43. The standard InChI is InChI=1S/C53H93N2O6P/c1-6-8-10-12-14-16-18-20-22-23-24-25-26-27-28-29-30-31-33-35-37-39-41-43-45-47-53(57)54-51(50-61-62(58,59)60-49-48-55(3,4)5)52(56)46-44-42-40-38-36-34-32-21-19-17-15-13-11-9-7-2/h8,10,14,16,20,22,24-25,27-28,30-31,35,37,44,46,51-52,56H,6-7,9,11-13,15,17-19,21,23,26,29,32-34,36,38-43,45,47-50H2,1-5H3,(H-,54,57,58,59)/b10-8-,16-14-,22-20-,25-24-,28-27-,31-30-,37-35-,46-44+. The largest absolute Gasteiger partial charge is 0.756 e. The van der Waals surface area contributed by atoms with E-state index in [-0.39, 0.29) is 12.5 Å². The maximum absolute atomic E-state index is 12.9. The van der Waals surface area contributed by atoms with E-state index in [4.69, 9.17) is 9.05 Å². The van der Waals surface area contributed by atoms with Gasteiger partial charge in [-0.3, -0.25) is 9.36 Å². The Labute approximate surface area is 381 Å². The van der Waals surface area contributed by atoms with Crippen molar-refractivity contribution in [1.29, 1.82) is 0 Å². The molecule has 0 bridgehead atoms. The van der Waals surface area contributed by atoms with Crippen LogP contribution in [0.1, 0.15) is 181 Å². The summed E-state index contributed by atoms with van der Waals surface area (Å²) in [5.74, 6) is -0.234. The lowest BCUT2D eigenvalue weighted by molar-refractivity contribution is -0.870. The number of hydrogen-bond acceptors (Lipinski definition) is 6. The molecule has 8 nitrogen and oxygen atoms in total. The van der Waals surface area contributed by atoms with Gasteiger partial charge in [0.1, 0.15) is 13.2 Å². The number of likely N-dealkylation sites (N-methyl/N-ethyl adjacent to an activating group) is 1. The van der Waals surface area contributed by atoms with E-state index in [1.807, 2.05) is 27.2 Å². The first-order valence-corrected chi connectivity index (χ1v) is 26.1. The molecule has 0 aliphatic heterocycles. The van der Waals surface area contributed by atoms with Crippen LogP contribution in [0.4, 0.5) is 0 Å². The van der Waals surface area contributed by atoms with E-state index in [1.54, 1.807) is 6.08 Å². The van der Waals surface area contributed by atoms with Gasteiger partial charge in [0.25, 0.3) is 7.82 Å². The van der Waals surface area contributed by atoms with Gasteiger partial charge in [-0.2, -0.15) is 0 Å². The lowest BCUT2D eigenvalue weighted by Gasteiger charge is -2.29. The summed E-state index contributed by atoms with van der Waals surface area (Å²) in [6, 6.07) is -0.911. The number of phosphoric ester groups is 1. The third-order valence-corrected chi connectivity index (χ3v) is 11.3. The van der Waals surface area contributed by atoms with Crippen LogP contribution in [0.25, 0.3) is 0 Å². The second-order valence-electron chi connectivity index (χ2n) is 17.4. The van der Waals surface area contributed by atoms with Crippen molar-refractivity contribution < 1.29 is 32.9 Å². The van der Waals surface area contributed by atoms with Gasteiger partial charge in [-0.1, -0.05) is 195 Å². The van der Waals surface area contributed by atoms with E-state index in [0.717, 1.165) is 83.5 Å². The van der Waals surface area contributed by atoms with Gasteiger partial charge >= 0.3 is 0 Å². The lowest BCUT2D eigenvalue weighted by atomic mass is 10.0. The molecule has 0 rings (SSSR count). The van der Waals surface area contributed by atoms with Crippen LogP contribution in [0.15, 0.2) is 97.2 Å². The number of unbranched alkanes of at least 4 members (excludes halogenated alkanes) is 16. The molecule has 3 unspecified atom stereocenters. The molecule has 0 heterocycles. The van der Waals surface area contributed by atoms with Gasteiger partial charge in [0.05, 0.1) is 39.9 Å². The molecule has 0 radical (unpaired) electrons. The summed E-state index contributed by atoms with van der Waals surface area (Å²) in [7, 11) is 1.22. The number of amides is 1. The van der Waals surface area contributed by atoms with E-state index < -0.39 is 26.6 Å². The van der Waals surface area contributed by atoms with Crippen molar-refractivity contribution in [2.45, 2.75) is 193 Å². The Kier molecular flexibility index (Phi) is 41.8. The van der Waals surface area contributed by atoms with Gasteiger partial charge in [0.15, 0.2) is 0 Å². The average molecular weight is 885 g/mol. The number of quaternary nitrogens is 1. The van der Waals surface area contributed by atoms with E-state index in [9.17, 15) is 19.4 Å². The Morgan fingerprint density at radius 3 is 1.44 bits per heavy atom. The Bertz CT molecular complexity index is 1330. The van der Waals surface area contributed by atoms with Gasteiger partial charge in [-0.05, 0) is 77.0 Å². The van der Waals surface area contributed by atoms with Crippen LogP contribution in [0.3, 0.4) is 0 Å². The zero-order valence-electron chi connectivity index (χ0n) is 40.3. The van der Waals surface area contributed by atoms with Crippen LogP contribution in [0, 0.1) is 0 Å². The van der Waals surface area contributed by atoms with Crippen molar-refractivity contribution in [3.05, 3.63) is 97.2 Å². The van der Waals surface area contributed by atoms with Gasteiger partial charge in [-0.15, -0.1) is 0 Å². The molecule has 0 saturated heterocycles. The Morgan fingerprint density at radius 2 is 0.984 bits per heavy atom. The molecular formula is C53H93N2O6P. The third-order valence-electron chi connectivity index (χ3n) is 10.3. The molecule has 0 fully saturated rings. The van der Waals surface area contributed by atoms with Crippen molar-refractivity contribution in [2.75, 3.05) is 40.9 Å². The SMILES string of the molecule is CC/C=C\C/C=C\C/C=C\C/C=C\C/C=C\C/C=C\C/C=C\CCCCCC(=O)NC(COP(=O)([O-])OCC[N+](C)(C)C)C(O)/C=C/CCCCCCCCCCCCCCC. The average Bonchev–Trinajstić information content (AvgIpc) is 3.23. The molecule has 0 saturated carbocycles. The van der Waals surface area contributed by atoms with E-state index >= 15 is 0 Å². The summed E-state index contributed by atoms with van der Waals surface area (Å²) in [6.45, 7) is 4.49. The number of carbonyl (C=O) groups is 1. The van der Waals surface area contributed by atoms with Crippen molar-refractivity contribution in [2.24, 2.45) is 0 Å². The number of hydrogen-bond donors (Lipinski definition) is 2. The zero-order valence-corrected chi connectivity index (χ0v) is 41.2. The molecule has 9 heteroatoms. The number of carbonyl (C=O) groups excluding carboxylic acids is 1. The molecule has 0 spiro atoms. The fourth-order valence-electron chi connectivity index (χ4n) is 6.42. The summed E-state index contributed by atoms with van der Waals surface area (Å²) in [4.78, 5) is 25.4. The minimum absolute atomic E-state index is 0.0133. The second kappa shape index (κ2) is 43.7. The number of rotatable bonds is 43. The summed E-state index contributed by atoms with van der Waals surface area (Å²) in [5, 5.41) is 13.8. The van der Waals surface area contributed by atoms with E-state index in [2.05, 4.69) is 104 Å². The minimum Gasteiger partial charge on any atom is -0.756 e. The number of aliphatic hydroxyl groups is 1. The van der Waals surface area contributed by atoms with Crippen LogP contribution >= 0.6 is 7.82 Å². The molecule has 0 aromatic rings. The number of phosphoric acid groups is 1. The van der Waals surface area contributed by atoms with Crippen molar-refractivity contribution in [3.8, 4) is 0 Å². The van der Waals surface area contributed by atoms with Gasteiger partial charge in [0, 0.05) is 6.42 Å². The smallest absolute Gasteiger partial charge is 0.268 e. The van der Waals surface area contributed by atoms with Crippen LogP contribution in [-0.4, -0.2) is 68.5 Å². The fraction of sp³-hybridized carbons (Fsp3) is 0.679. The molecule has 356 valence electrons. The molecular weight excluding hydrogens is 792 g/mol. The third kappa shape index (κ3) is 45.4. The van der Waals surface area contributed by atoms with E-state index in [1.165, 1.54) is 70.6 Å². The second-order valence-corrected chi connectivity index (χ2v) is 18.8. The van der Waals surface area contributed by atoms with Gasteiger partial charge in [-0.25, -0.2) is 0 Å². The maximum atomic E-state index is 12.9. The molecule has 62 heavy (non-hydrogen) atoms. The Morgan fingerprint density at radius 1 is 0.581 bits per heavy atom. The fourth-order valence-corrected chi connectivity index (χ4v) is 7.15. The van der Waals surface area contributed by atoms with Crippen LogP contribution < -0.4 is 10.2 Å². The van der Waals surface area contributed by atoms with Gasteiger partial charge < -0.3 is 28.8 Å². The summed E-state index contributed by atoms with van der Waals surface area (Å²) >= 11 is 0. The first-order valence-electron chi connectivity index (χ1n) is 24.6. The molecule has 0 aliphatic rings. The van der Waals surface area contributed by atoms with Crippen molar-refractivity contribution in [3.63, 3.8) is 0 Å². The quantitative estimate of drug-likeness (QED) is 0.0273. The number of allylic oxidation sites excluding steroid dienone is 15. The summed E-state index contributed by atoms with van der Waals surface area (Å²) in [5.41, 5.74) is 0. The highest BCUT2D eigenvalue weighted by Gasteiger charge is 2.23. The predicted octanol–water partition coefficient (Wildman–Crippen LogP) is 13.7.